The maximum atomic E-state index is 15.6. The molecule has 6 rings (SSSR count). The Morgan fingerprint density at radius 3 is 2.57 bits per heavy atom. The molecular weight excluding hydrogens is 585 g/mol. The van der Waals surface area contributed by atoms with E-state index in [1.54, 1.807) is 39.9 Å². The van der Waals surface area contributed by atoms with Crippen LogP contribution in [0.4, 0.5) is 10.2 Å². The van der Waals surface area contributed by atoms with Crippen LogP contribution in [-0.4, -0.2) is 92.2 Å². The zero-order valence-electron chi connectivity index (χ0n) is 26.4. The number of hydrogen-bond donors (Lipinski definition) is 1. The number of benzene rings is 2. The van der Waals surface area contributed by atoms with Gasteiger partial charge in [0, 0.05) is 56.4 Å². The lowest BCUT2D eigenvalue weighted by Gasteiger charge is -2.42. The Balaban J connectivity index is 1.27. The number of anilines is 1. The molecule has 238 valence electrons. The second-order valence-corrected chi connectivity index (χ2v) is 12.5. The van der Waals surface area contributed by atoms with Gasteiger partial charge in [-0.15, -0.1) is 0 Å². The van der Waals surface area contributed by atoms with Crippen LogP contribution in [0.15, 0.2) is 66.5 Å². The van der Waals surface area contributed by atoms with E-state index in [9.17, 15) is 10.1 Å². The van der Waals surface area contributed by atoms with Crippen LogP contribution < -0.4 is 10.5 Å². The molecule has 0 saturated carbocycles. The fourth-order valence-electron chi connectivity index (χ4n) is 6.29. The van der Waals surface area contributed by atoms with Gasteiger partial charge in [0.05, 0.1) is 11.4 Å². The number of amides is 1. The molecule has 0 bridgehead atoms. The van der Waals surface area contributed by atoms with Crippen molar-refractivity contribution in [1.29, 1.82) is 5.26 Å². The lowest BCUT2D eigenvalue weighted by molar-refractivity contribution is -0.128. The van der Waals surface area contributed by atoms with Gasteiger partial charge < -0.3 is 20.3 Å². The topological polar surface area (TPSA) is 129 Å². The van der Waals surface area contributed by atoms with Crippen molar-refractivity contribution in [2.24, 2.45) is 0 Å². The molecule has 0 unspecified atom stereocenters. The van der Waals surface area contributed by atoms with Crippen LogP contribution in [-0.2, 0) is 4.79 Å². The lowest BCUT2D eigenvalue weighted by Crippen LogP contribution is -2.53. The molecule has 2 aliphatic heterocycles. The molecule has 4 aromatic rings. The molecule has 2 N–H and O–H groups in total. The number of likely N-dealkylation sites (tertiary alicyclic amines) is 1. The standard InChI is InChI=1S/C34H38FN9O2/c1-34(2,43-16-14-41(3)15-17-43)19-23(20-36)33(45)42-13-7-8-24(21-42)44-32-29(31(37)38-22-39-32)30(40-44)27-12-11-26(18-28(27)35)46-25-9-5-4-6-10-25/h4-6,9-12,18-19,22,24H,7-8,13-17,21H2,1-3H3,(H2,37,38,39)/b23-19+/t24-/m1/s1. The molecule has 0 aliphatic carbocycles. The van der Waals surface area contributed by atoms with Gasteiger partial charge in [0.15, 0.2) is 5.65 Å². The van der Waals surface area contributed by atoms with Crippen LogP contribution in [0, 0.1) is 17.1 Å². The van der Waals surface area contributed by atoms with E-state index >= 15 is 4.39 Å². The largest absolute Gasteiger partial charge is 0.457 e. The van der Waals surface area contributed by atoms with E-state index in [0.717, 1.165) is 26.2 Å². The quantitative estimate of drug-likeness (QED) is 0.231. The van der Waals surface area contributed by atoms with Gasteiger partial charge in [-0.05, 0) is 64.1 Å². The number of carbonyl (C=O) groups excluding carboxylic acids is 1. The van der Waals surface area contributed by atoms with Gasteiger partial charge in [0.1, 0.15) is 46.8 Å². The Labute approximate surface area is 267 Å². The number of nitriles is 1. The van der Waals surface area contributed by atoms with E-state index in [1.807, 2.05) is 32.0 Å². The first kappa shape index (κ1) is 31.1. The van der Waals surface area contributed by atoms with Crippen molar-refractivity contribution in [1.82, 2.24) is 34.4 Å². The molecule has 0 spiro atoms. The van der Waals surface area contributed by atoms with Gasteiger partial charge in [0.25, 0.3) is 5.91 Å². The number of aromatic nitrogens is 4. The third-order valence-electron chi connectivity index (χ3n) is 8.89. The highest BCUT2D eigenvalue weighted by Crippen LogP contribution is 2.36. The number of halogens is 1. The first-order valence-corrected chi connectivity index (χ1v) is 15.5. The third kappa shape index (κ3) is 6.29. The molecule has 4 heterocycles. The van der Waals surface area contributed by atoms with Gasteiger partial charge in [-0.1, -0.05) is 18.2 Å². The first-order chi connectivity index (χ1) is 22.1. The van der Waals surface area contributed by atoms with Crippen molar-refractivity contribution in [2.75, 3.05) is 52.0 Å². The van der Waals surface area contributed by atoms with Gasteiger partial charge in [0.2, 0.25) is 0 Å². The highest BCUT2D eigenvalue weighted by molar-refractivity contribution is 5.99. The SMILES string of the molecule is CN1CCN(C(C)(C)/C=C(\C#N)C(=O)N2CCC[C@@H](n3nc(-c4ccc(Oc5ccccc5)cc4F)c4c(N)ncnc43)C2)CC1. The van der Waals surface area contributed by atoms with Crippen LogP contribution in [0.1, 0.15) is 32.7 Å². The normalized spacial score (nSPS) is 18.5. The molecule has 2 fully saturated rings. The van der Waals surface area contributed by atoms with Crippen LogP contribution in [0.3, 0.4) is 0 Å². The van der Waals surface area contributed by atoms with Crippen LogP contribution in [0.2, 0.25) is 0 Å². The van der Waals surface area contributed by atoms with Crippen LogP contribution in [0.25, 0.3) is 22.3 Å². The van der Waals surface area contributed by atoms with Crippen molar-refractivity contribution in [3.8, 4) is 28.8 Å². The van der Waals surface area contributed by atoms with E-state index < -0.39 is 11.4 Å². The number of rotatable bonds is 7. The van der Waals surface area contributed by atoms with Gasteiger partial charge in [-0.3, -0.25) is 9.69 Å². The fraction of sp³-hybridized carbons (Fsp3) is 0.382. The summed E-state index contributed by atoms with van der Waals surface area (Å²) in [5.74, 6) is 0.283. The number of likely N-dealkylation sites (N-methyl/N-ethyl adjacent to an activating group) is 1. The van der Waals surface area contributed by atoms with E-state index in [1.165, 1.54) is 12.4 Å². The van der Waals surface area contributed by atoms with Crippen LogP contribution >= 0.6 is 0 Å². The number of ether oxygens (including phenoxy) is 1. The molecule has 11 nitrogen and oxygen atoms in total. The number of piperidine rings is 1. The Kier molecular flexibility index (Phi) is 8.71. The molecule has 1 atom stereocenters. The minimum atomic E-state index is -0.532. The Bertz CT molecular complexity index is 1810. The number of para-hydroxylation sites is 1. The lowest BCUT2D eigenvalue weighted by atomic mass is 9.96. The molecule has 0 radical (unpaired) electrons. The van der Waals surface area contributed by atoms with E-state index in [-0.39, 0.29) is 28.9 Å². The molecule has 12 heteroatoms. The Hall–Kier alpha value is -4.86. The van der Waals surface area contributed by atoms with Gasteiger partial charge in [-0.25, -0.2) is 19.0 Å². The van der Waals surface area contributed by atoms with E-state index in [2.05, 4.69) is 32.9 Å². The summed E-state index contributed by atoms with van der Waals surface area (Å²) in [7, 11) is 2.09. The van der Waals surface area contributed by atoms with Crippen molar-refractivity contribution >= 4 is 22.8 Å². The summed E-state index contributed by atoms with van der Waals surface area (Å²) in [6.45, 7) is 8.52. The maximum absolute atomic E-state index is 15.6. The number of piperazine rings is 1. The highest BCUT2D eigenvalue weighted by atomic mass is 19.1. The third-order valence-corrected chi connectivity index (χ3v) is 8.89. The summed E-state index contributed by atoms with van der Waals surface area (Å²) in [5, 5.41) is 15.3. The molecular formula is C34H38FN9O2. The van der Waals surface area contributed by atoms with Crippen molar-refractivity contribution in [3.63, 3.8) is 0 Å². The summed E-state index contributed by atoms with van der Waals surface area (Å²) in [4.78, 5) is 28.7. The maximum Gasteiger partial charge on any atom is 0.264 e. The summed E-state index contributed by atoms with van der Waals surface area (Å²) in [6, 6.07) is 15.6. The number of carbonyl (C=O) groups is 1. The first-order valence-electron chi connectivity index (χ1n) is 15.5. The number of nitrogen functional groups attached to an aromatic ring is 1. The second-order valence-electron chi connectivity index (χ2n) is 12.5. The van der Waals surface area contributed by atoms with Crippen molar-refractivity contribution in [2.45, 2.75) is 38.3 Å². The molecule has 46 heavy (non-hydrogen) atoms. The van der Waals surface area contributed by atoms with Gasteiger partial charge in [-0.2, -0.15) is 10.4 Å². The Morgan fingerprint density at radius 1 is 1.09 bits per heavy atom. The minimum Gasteiger partial charge on any atom is -0.457 e. The monoisotopic (exact) mass is 623 g/mol. The number of fused-ring (bicyclic) bond motifs is 1. The summed E-state index contributed by atoms with van der Waals surface area (Å²) >= 11 is 0. The van der Waals surface area contributed by atoms with Crippen molar-refractivity contribution < 1.29 is 13.9 Å². The highest BCUT2D eigenvalue weighted by Gasteiger charge is 2.33. The molecule has 2 aromatic heterocycles. The summed E-state index contributed by atoms with van der Waals surface area (Å²) in [6.07, 6.45) is 4.58. The summed E-state index contributed by atoms with van der Waals surface area (Å²) in [5.41, 5.74) is 6.99. The smallest absolute Gasteiger partial charge is 0.264 e. The second kappa shape index (κ2) is 12.9. The molecule has 2 aromatic carbocycles. The molecule has 2 aliphatic rings. The van der Waals surface area contributed by atoms with Crippen LogP contribution in [0.5, 0.6) is 11.5 Å². The average Bonchev–Trinajstić information content (AvgIpc) is 3.45. The predicted octanol–water partition coefficient (Wildman–Crippen LogP) is 4.65. The zero-order valence-corrected chi connectivity index (χ0v) is 26.4. The number of nitrogens with two attached hydrogens (primary N) is 1. The fourth-order valence-corrected chi connectivity index (χ4v) is 6.29. The van der Waals surface area contributed by atoms with Crippen molar-refractivity contribution in [3.05, 3.63) is 72.3 Å². The number of hydrogen-bond acceptors (Lipinski definition) is 9. The zero-order chi connectivity index (χ0) is 32.4. The number of nitrogens with zero attached hydrogens (tertiary/aromatic N) is 8. The molecule has 2 saturated heterocycles. The predicted molar refractivity (Wildman–Crippen MR) is 173 cm³/mol. The minimum absolute atomic E-state index is 0.127. The van der Waals surface area contributed by atoms with Gasteiger partial charge >= 0.3 is 0 Å². The molecule has 1 amide bonds. The Morgan fingerprint density at radius 2 is 1.85 bits per heavy atom. The summed E-state index contributed by atoms with van der Waals surface area (Å²) < 4.78 is 23.2. The van der Waals surface area contributed by atoms with E-state index in [4.69, 9.17) is 15.6 Å². The average molecular weight is 624 g/mol. The van der Waals surface area contributed by atoms with E-state index in [0.29, 0.717) is 54.2 Å².